The number of hydrogen-bond acceptors (Lipinski definition) is 4. The average Bonchev–Trinajstić information content (AvgIpc) is 2.60. The fraction of sp³-hybridized carbons (Fsp3) is 0.400. The minimum absolute atomic E-state index is 0.144. The molecule has 5 nitrogen and oxygen atoms in total. The summed E-state index contributed by atoms with van der Waals surface area (Å²) in [6.07, 6.45) is 0.144. The van der Waals surface area contributed by atoms with Crippen molar-refractivity contribution in [3.63, 3.8) is 0 Å². The molecule has 2 amide bonds. The van der Waals surface area contributed by atoms with Crippen LogP contribution in [0.1, 0.15) is 30.6 Å². The zero-order valence-electron chi connectivity index (χ0n) is 11.8. The number of hydrogen-bond donors (Lipinski definition) is 0. The summed E-state index contributed by atoms with van der Waals surface area (Å²) in [5, 5.41) is 0. The van der Waals surface area contributed by atoms with Crippen molar-refractivity contribution in [3.8, 4) is 5.75 Å². The van der Waals surface area contributed by atoms with E-state index in [-0.39, 0.29) is 30.6 Å². The molecule has 1 saturated heterocycles. The lowest BCUT2D eigenvalue weighted by Crippen LogP contribution is -2.37. The minimum atomic E-state index is -0.724. The number of likely N-dealkylation sites (tertiary alicyclic amines) is 1. The van der Waals surface area contributed by atoms with Gasteiger partial charge < -0.3 is 4.74 Å². The normalized spacial score (nSPS) is 17.4. The maximum atomic E-state index is 12.3. The predicted octanol–water partition coefficient (Wildman–Crippen LogP) is 1.66. The smallest absolute Gasteiger partial charge is 0.235 e. The summed E-state index contributed by atoms with van der Waals surface area (Å²) in [6.45, 7) is 3.18. The van der Waals surface area contributed by atoms with E-state index in [0.29, 0.717) is 11.3 Å². The summed E-state index contributed by atoms with van der Waals surface area (Å²) < 4.78 is 5.12. The third kappa shape index (κ3) is 2.43. The Morgan fingerprint density at radius 2 is 1.95 bits per heavy atom. The number of Topliss-reactive ketones (excluding diaryl/α,β-unsaturated/α-hetero) is 1. The third-order valence-electron chi connectivity index (χ3n) is 3.43. The van der Waals surface area contributed by atoms with Gasteiger partial charge in [0.15, 0.2) is 5.78 Å². The monoisotopic (exact) mass is 275 g/mol. The summed E-state index contributed by atoms with van der Waals surface area (Å²) in [5.74, 6) is -0.466. The van der Waals surface area contributed by atoms with Gasteiger partial charge in [0.2, 0.25) is 11.8 Å². The number of para-hydroxylation sites is 1. The number of ketones is 1. The molecule has 1 aromatic carbocycles. The molecule has 1 aliphatic heterocycles. The maximum Gasteiger partial charge on any atom is 0.235 e. The van der Waals surface area contributed by atoms with E-state index >= 15 is 0 Å². The van der Waals surface area contributed by atoms with Crippen LogP contribution in [-0.2, 0) is 9.59 Å². The fourth-order valence-electron chi connectivity index (χ4n) is 2.29. The topological polar surface area (TPSA) is 63.7 Å². The molecule has 0 N–H and O–H groups in total. The highest BCUT2D eigenvalue weighted by Crippen LogP contribution is 2.32. The molecule has 0 saturated carbocycles. The van der Waals surface area contributed by atoms with Crippen molar-refractivity contribution in [2.24, 2.45) is 5.41 Å². The SMILES string of the molecule is COc1ccccc1C(=O)CN1C(=O)CC(C)(C)C1=O. The molecule has 0 aliphatic carbocycles. The molecular weight excluding hydrogens is 258 g/mol. The van der Waals surface area contributed by atoms with Crippen LogP contribution in [0, 0.1) is 5.41 Å². The molecule has 2 rings (SSSR count). The van der Waals surface area contributed by atoms with Crippen LogP contribution in [0.5, 0.6) is 5.75 Å². The number of rotatable bonds is 4. The van der Waals surface area contributed by atoms with E-state index in [1.54, 1.807) is 38.1 Å². The number of imide groups is 1. The van der Waals surface area contributed by atoms with Gasteiger partial charge in [-0.25, -0.2) is 0 Å². The van der Waals surface area contributed by atoms with Gasteiger partial charge in [-0.1, -0.05) is 26.0 Å². The lowest BCUT2D eigenvalue weighted by Gasteiger charge is -2.17. The van der Waals surface area contributed by atoms with Crippen molar-refractivity contribution >= 4 is 17.6 Å². The zero-order valence-corrected chi connectivity index (χ0v) is 11.8. The van der Waals surface area contributed by atoms with Crippen LogP contribution in [0.15, 0.2) is 24.3 Å². The molecule has 0 spiro atoms. The quantitative estimate of drug-likeness (QED) is 0.619. The molecule has 0 atom stereocenters. The van der Waals surface area contributed by atoms with E-state index < -0.39 is 5.41 Å². The van der Waals surface area contributed by atoms with Crippen LogP contribution in [0.25, 0.3) is 0 Å². The van der Waals surface area contributed by atoms with E-state index in [1.165, 1.54) is 7.11 Å². The second kappa shape index (κ2) is 5.07. The van der Waals surface area contributed by atoms with E-state index in [9.17, 15) is 14.4 Å². The van der Waals surface area contributed by atoms with Gasteiger partial charge in [0.05, 0.1) is 24.6 Å². The van der Waals surface area contributed by atoms with E-state index in [0.717, 1.165) is 4.90 Å². The Kier molecular flexibility index (Phi) is 3.61. The fourth-order valence-corrected chi connectivity index (χ4v) is 2.29. The number of nitrogens with zero attached hydrogens (tertiary/aromatic N) is 1. The molecule has 5 heteroatoms. The van der Waals surface area contributed by atoms with Crippen molar-refractivity contribution in [3.05, 3.63) is 29.8 Å². The Morgan fingerprint density at radius 3 is 2.50 bits per heavy atom. The standard InChI is InChI=1S/C15H17NO4/c1-15(2)8-13(18)16(14(15)19)9-11(17)10-6-4-5-7-12(10)20-3/h4-7H,8-9H2,1-3H3. The first-order valence-corrected chi connectivity index (χ1v) is 6.38. The van der Waals surface area contributed by atoms with Crippen LogP contribution in [0.2, 0.25) is 0 Å². The summed E-state index contributed by atoms with van der Waals surface area (Å²) >= 11 is 0. The molecular formula is C15H17NO4. The van der Waals surface area contributed by atoms with Gasteiger partial charge in [-0.05, 0) is 12.1 Å². The van der Waals surface area contributed by atoms with Crippen molar-refractivity contribution in [2.75, 3.05) is 13.7 Å². The minimum Gasteiger partial charge on any atom is -0.496 e. The number of ether oxygens (including phenoxy) is 1. The Balaban J connectivity index is 2.20. The second-order valence-electron chi connectivity index (χ2n) is 5.47. The molecule has 1 fully saturated rings. The first kappa shape index (κ1) is 14.2. The Hall–Kier alpha value is -2.17. The van der Waals surface area contributed by atoms with E-state index in [2.05, 4.69) is 0 Å². The molecule has 1 heterocycles. The highest BCUT2D eigenvalue weighted by molar-refractivity contribution is 6.10. The molecule has 106 valence electrons. The van der Waals surface area contributed by atoms with Gasteiger partial charge in [0, 0.05) is 6.42 Å². The van der Waals surface area contributed by atoms with E-state index in [1.807, 2.05) is 0 Å². The maximum absolute atomic E-state index is 12.3. The number of benzene rings is 1. The summed E-state index contributed by atoms with van der Waals surface area (Å²) in [6, 6.07) is 6.76. The van der Waals surface area contributed by atoms with Crippen LogP contribution in [0.3, 0.4) is 0 Å². The van der Waals surface area contributed by atoms with Crippen molar-refractivity contribution in [1.29, 1.82) is 0 Å². The van der Waals surface area contributed by atoms with Crippen molar-refractivity contribution in [2.45, 2.75) is 20.3 Å². The molecule has 0 radical (unpaired) electrons. The summed E-state index contributed by atoms with van der Waals surface area (Å²) in [7, 11) is 1.47. The summed E-state index contributed by atoms with van der Waals surface area (Å²) in [5.41, 5.74) is -0.349. The number of carbonyl (C=O) groups is 3. The number of methoxy groups -OCH3 is 1. The number of amides is 2. The third-order valence-corrected chi connectivity index (χ3v) is 3.43. The molecule has 20 heavy (non-hydrogen) atoms. The first-order valence-electron chi connectivity index (χ1n) is 6.38. The first-order chi connectivity index (χ1) is 9.36. The van der Waals surface area contributed by atoms with Crippen LogP contribution in [0.4, 0.5) is 0 Å². The van der Waals surface area contributed by atoms with E-state index in [4.69, 9.17) is 4.74 Å². The lowest BCUT2D eigenvalue weighted by atomic mass is 9.92. The van der Waals surface area contributed by atoms with Gasteiger partial charge in [-0.3, -0.25) is 19.3 Å². The number of carbonyl (C=O) groups excluding carboxylic acids is 3. The Labute approximate surface area is 117 Å². The van der Waals surface area contributed by atoms with Gasteiger partial charge in [-0.15, -0.1) is 0 Å². The van der Waals surface area contributed by atoms with Gasteiger partial charge >= 0.3 is 0 Å². The van der Waals surface area contributed by atoms with Gasteiger partial charge in [0.25, 0.3) is 0 Å². The van der Waals surface area contributed by atoms with Gasteiger partial charge in [-0.2, -0.15) is 0 Å². The Bertz CT molecular complexity index is 577. The highest BCUT2D eigenvalue weighted by Gasteiger charge is 2.45. The predicted molar refractivity (Wildman–Crippen MR) is 72.4 cm³/mol. The molecule has 0 bridgehead atoms. The summed E-state index contributed by atoms with van der Waals surface area (Å²) in [4.78, 5) is 37.2. The molecule has 1 aromatic rings. The second-order valence-corrected chi connectivity index (χ2v) is 5.47. The lowest BCUT2D eigenvalue weighted by molar-refractivity contribution is -0.140. The Morgan fingerprint density at radius 1 is 1.30 bits per heavy atom. The average molecular weight is 275 g/mol. The zero-order chi connectivity index (χ0) is 14.9. The highest BCUT2D eigenvalue weighted by atomic mass is 16.5. The van der Waals surface area contributed by atoms with Crippen LogP contribution >= 0.6 is 0 Å². The van der Waals surface area contributed by atoms with Gasteiger partial charge in [0.1, 0.15) is 5.75 Å². The van der Waals surface area contributed by atoms with Crippen molar-refractivity contribution in [1.82, 2.24) is 4.90 Å². The largest absolute Gasteiger partial charge is 0.496 e. The van der Waals surface area contributed by atoms with Crippen LogP contribution < -0.4 is 4.74 Å². The molecule has 1 aliphatic rings. The van der Waals surface area contributed by atoms with Crippen LogP contribution in [-0.4, -0.2) is 36.2 Å². The molecule has 0 aromatic heterocycles. The molecule has 0 unspecified atom stereocenters. The van der Waals surface area contributed by atoms with Crippen molar-refractivity contribution < 1.29 is 19.1 Å².